The Labute approximate surface area is 118 Å². The zero-order valence-electron chi connectivity index (χ0n) is 10.9. The van der Waals surface area contributed by atoms with Gasteiger partial charge in [-0.3, -0.25) is 14.8 Å². The molecule has 3 rings (SSSR count). The topological polar surface area (TPSA) is 49.0 Å². The SMILES string of the molecule is O=C1CCCN1c1cc(-c2ccccc2C(F)(F)F)[nH]n1. The highest BCUT2D eigenvalue weighted by molar-refractivity contribution is 5.94. The van der Waals surface area contributed by atoms with E-state index in [1.807, 2.05) is 0 Å². The lowest BCUT2D eigenvalue weighted by Gasteiger charge is -2.11. The summed E-state index contributed by atoms with van der Waals surface area (Å²) in [4.78, 5) is 13.1. The molecule has 1 N–H and O–H groups in total. The van der Waals surface area contributed by atoms with Gasteiger partial charge in [-0.1, -0.05) is 18.2 Å². The molecule has 1 aliphatic heterocycles. The van der Waals surface area contributed by atoms with Gasteiger partial charge in [-0.15, -0.1) is 0 Å². The summed E-state index contributed by atoms with van der Waals surface area (Å²) in [6.45, 7) is 0.546. The molecule has 1 aliphatic rings. The molecule has 2 aromatic rings. The molecule has 0 spiro atoms. The average molecular weight is 295 g/mol. The van der Waals surface area contributed by atoms with E-state index in [1.54, 1.807) is 0 Å². The van der Waals surface area contributed by atoms with Crippen LogP contribution in [-0.2, 0) is 11.0 Å². The van der Waals surface area contributed by atoms with E-state index in [0.717, 1.165) is 12.5 Å². The molecule has 21 heavy (non-hydrogen) atoms. The number of aromatic amines is 1. The first-order valence-electron chi connectivity index (χ1n) is 6.49. The first kappa shape index (κ1) is 13.7. The molecule has 110 valence electrons. The quantitative estimate of drug-likeness (QED) is 0.924. The molecular formula is C14H12F3N3O. The highest BCUT2D eigenvalue weighted by Gasteiger charge is 2.34. The van der Waals surface area contributed by atoms with Crippen molar-refractivity contribution in [1.29, 1.82) is 0 Å². The van der Waals surface area contributed by atoms with Crippen LogP contribution in [0.5, 0.6) is 0 Å². The van der Waals surface area contributed by atoms with Crippen LogP contribution in [0, 0.1) is 0 Å². The third-order valence-electron chi connectivity index (χ3n) is 3.44. The molecule has 7 heteroatoms. The van der Waals surface area contributed by atoms with Gasteiger partial charge in [0.1, 0.15) is 0 Å². The summed E-state index contributed by atoms with van der Waals surface area (Å²) >= 11 is 0. The normalized spacial score (nSPS) is 15.8. The Morgan fingerprint density at radius 3 is 2.67 bits per heavy atom. The van der Waals surface area contributed by atoms with Crippen molar-refractivity contribution in [3.05, 3.63) is 35.9 Å². The van der Waals surface area contributed by atoms with E-state index in [0.29, 0.717) is 18.8 Å². The molecule has 1 saturated heterocycles. The van der Waals surface area contributed by atoms with Crippen LogP contribution in [0.2, 0.25) is 0 Å². The van der Waals surface area contributed by atoms with Crippen molar-refractivity contribution in [3.63, 3.8) is 0 Å². The molecule has 1 aromatic carbocycles. The molecule has 1 fully saturated rings. The standard InChI is InChI=1S/C14H12F3N3O/c15-14(16,17)10-5-2-1-4-9(10)11-8-12(19-18-11)20-7-3-6-13(20)21/h1-2,4-5,8H,3,6-7H2,(H,18,19). The number of anilines is 1. The van der Waals surface area contributed by atoms with Crippen LogP contribution < -0.4 is 4.90 Å². The van der Waals surface area contributed by atoms with Crippen molar-refractivity contribution < 1.29 is 18.0 Å². The van der Waals surface area contributed by atoms with Crippen LogP contribution in [0.1, 0.15) is 18.4 Å². The third-order valence-corrected chi connectivity index (χ3v) is 3.44. The number of nitrogens with zero attached hydrogens (tertiary/aromatic N) is 2. The lowest BCUT2D eigenvalue weighted by molar-refractivity contribution is -0.137. The van der Waals surface area contributed by atoms with Gasteiger partial charge in [0.05, 0.1) is 11.3 Å². The van der Waals surface area contributed by atoms with Gasteiger partial charge >= 0.3 is 6.18 Å². The Bertz CT molecular complexity index is 678. The molecule has 1 amide bonds. The number of carbonyl (C=O) groups is 1. The molecule has 0 radical (unpaired) electrons. The number of alkyl halides is 3. The third kappa shape index (κ3) is 2.51. The van der Waals surface area contributed by atoms with Crippen molar-refractivity contribution in [3.8, 4) is 11.3 Å². The summed E-state index contributed by atoms with van der Waals surface area (Å²) in [5, 5.41) is 6.55. The maximum Gasteiger partial charge on any atom is 0.417 e. The molecule has 0 saturated carbocycles. The molecule has 0 aliphatic carbocycles. The summed E-state index contributed by atoms with van der Waals surface area (Å²) in [5.41, 5.74) is -0.457. The number of amides is 1. The van der Waals surface area contributed by atoms with Gasteiger partial charge in [-0.05, 0) is 12.5 Å². The number of halogens is 3. The molecule has 2 heterocycles. The zero-order chi connectivity index (χ0) is 15.0. The highest BCUT2D eigenvalue weighted by atomic mass is 19.4. The van der Waals surface area contributed by atoms with Crippen molar-refractivity contribution in [2.24, 2.45) is 0 Å². The van der Waals surface area contributed by atoms with Crippen LogP contribution in [0.25, 0.3) is 11.3 Å². The van der Waals surface area contributed by atoms with Crippen molar-refractivity contribution in [2.75, 3.05) is 11.4 Å². The van der Waals surface area contributed by atoms with E-state index in [2.05, 4.69) is 10.2 Å². The van der Waals surface area contributed by atoms with Gasteiger partial charge < -0.3 is 0 Å². The zero-order valence-corrected chi connectivity index (χ0v) is 10.9. The number of rotatable bonds is 2. The number of benzene rings is 1. The second-order valence-corrected chi connectivity index (χ2v) is 4.83. The van der Waals surface area contributed by atoms with Crippen LogP contribution in [0.15, 0.2) is 30.3 Å². The maximum absolute atomic E-state index is 13.0. The van der Waals surface area contributed by atoms with Gasteiger partial charge in [-0.25, -0.2) is 0 Å². The fourth-order valence-electron chi connectivity index (χ4n) is 2.44. The molecule has 4 nitrogen and oxygen atoms in total. The Balaban J connectivity index is 1.99. The summed E-state index contributed by atoms with van der Waals surface area (Å²) < 4.78 is 39.0. The number of hydrogen-bond donors (Lipinski definition) is 1. The molecule has 0 atom stereocenters. The summed E-state index contributed by atoms with van der Waals surface area (Å²) in [6.07, 6.45) is -3.26. The van der Waals surface area contributed by atoms with E-state index in [9.17, 15) is 18.0 Å². The highest BCUT2D eigenvalue weighted by Crippen LogP contribution is 2.37. The fraction of sp³-hybridized carbons (Fsp3) is 0.286. The minimum atomic E-state index is -4.44. The fourth-order valence-corrected chi connectivity index (χ4v) is 2.44. The van der Waals surface area contributed by atoms with E-state index < -0.39 is 11.7 Å². The van der Waals surface area contributed by atoms with Crippen molar-refractivity contribution in [2.45, 2.75) is 19.0 Å². The molecule has 0 bridgehead atoms. The first-order valence-corrected chi connectivity index (χ1v) is 6.49. The first-order chi connectivity index (χ1) is 9.97. The monoisotopic (exact) mass is 295 g/mol. The molecule has 0 unspecified atom stereocenters. The van der Waals surface area contributed by atoms with Gasteiger partial charge in [-0.2, -0.15) is 18.3 Å². The lowest BCUT2D eigenvalue weighted by Crippen LogP contribution is -2.23. The van der Waals surface area contributed by atoms with Crippen LogP contribution in [0.4, 0.5) is 19.0 Å². The Morgan fingerprint density at radius 2 is 2.00 bits per heavy atom. The molecular weight excluding hydrogens is 283 g/mol. The van der Waals surface area contributed by atoms with E-state index in [1.165, 1.54) is 29.2 Å². The largest absolute Gasteiger partial charge is 0.417 e. The predicted octanol–water partition coefficient (Wildman–Crippen LogP) is 3.22. The van der Waals surface area contributed by atoms with Crippen molar-refractivity contribution in [1.82, 2.24) is 10.2 Å². The van der Waals surface area contributed by atoms with Gasteiger partial charge in [0.2, 0.25) is 5.91 Å². The van der Waals surface area contributed by atoms with Crippen LogP contribution in [0.3, 0.4) is 0 Å². The van der Waals surface area contributed by atoms with Gasteiger partial charge in [0.25, 0.3) is 0 Å². The van der Waals surface area contributed by atoms with Crippen LogP contribution >= 0.6 is 0 Å². The summed E-state index contributed by atoms with van der Waals surface area (Å²) in [6, 6.07) is 6.76. The van der Waals surface area contributed by atoms with E-state index >= 15 is 0 Å². The smallest absolute Gasteiger partial charge is 0.295 e. The number of H-pyrrole nitrogens is 1. The number of aromatic nitrogens is 2. The lowest BCUT2D eigenvalue weighted by atomic mass is 10.0. The molecule has 1 aromatic heterocycles. The van der Waals surface area contributed by atoms with Crippen LogP contribution in [-0.4, -0.2) is 22.6 Å². The second kappa shape index (κ2) is 4.91. The van der Waals surface area contributed by atoms with E-state index in [-0.39, 0.29) is 17.2 Å². The van der Waals surface area contributed by atoms with Gasteiger partial charge in [0, 0.05) is 24.6 Å². The summed E-state index contributed by atoms with van der Waals surface area (Å²) in [7, 11) is 0. The number of hydrogen-bond acceptors (Lipinski definition) is 2. The Hall–Kier alpha value is -2.31. The predicted molar refractivity (Wildman–Crippen MR) is 70.6 cm³/mol. The second-order valence-electron chi connectivity index (χ2n) is 4.83. The van der Waals surface area contributed by atoms with Gasteiger partial charge in [0.15, 0.2) is 5.82 Å². The van der Waals surface area contributed by atoms with E-state index in [4.69, 9.17) is 0 Å². The average Bonchev–Trinajstić information content (AvgIpc) is 3.06. The number of carbonyl (C=O) groups excluding carboxylic acids is 1. The maximum atomic E-state index is 13.0. The summed E-state index contributed by atoms with van der Waals surface area (Å²) in [5.74, 6) is 0.307. The Kier molecular flexibility index (Phi) is 3.19. The minimum absolute atomic E-state index is 0.0235. The number of nitrogens with one attached hydrogen (secondary N) is 1. The minimum Gasteiger partial charge on any atom is -0.295 e. The Morgan fingerprint density at radius 1 is 1.24 bits per heavy atom. The van der Waals surface area contributed by atoms with Crippen molar-refractivity contribution >= 4 is 11.7 Å².